The molecule has 0 heterocycles. The predicted molar refractivity (Wildman–Crippen MR) is 50.1 cm³/mol. The van der Waals surface area contributed by atoms with Crippen molar-refractivity contribution in [1.82, 2.24) is 0 Å². The average Bonchev–Trinajstić information content (AvgIpc) is 1.88. The van der Waals surface area contributed by atoms with Crippen LogP contribution in [-0.4, -0.2) is 14.1 Å². The zero-order chi connectivity index (χ0) is 7.56. The standard InChI is InChI=1S/C8H12NP/c1-9(2)7-3-5-8(10)6-4-7/h3-6H,10H2,1-2H3. The highest BCUT2D eigenvalue weighted by Crippen LogP contribution is 2.07. The summed E-state index contributed by atoms with van der Waals surface area (Å²) in [6.45, 7) is 0. The number of nitrogens with zero attached hydrogens (tertiary/aromatic N) is 1. The molecule has 0 aliphatic carbocycles. The molecular weight excluding hydrogens is 141 g/mol. The predicted octanol–water partition coefficient (Wildman–Crippen LogP) is 1.25. The number of hydrogen-bond donors (Lipinski definition) is 0. The molecule has 0 radical (unpaired) electrons. The molecule has 1 aromatic carbocycles. The second-order valence-electron chi connectivity index (χ2n) is 2.49. The number of hydrogen-bond acceptors (Lipinski definition) is 1. The Morgan fingerprint density at radius 2 is 1.60 bits per heavy atom. The van der Waals surface area contributed by atoms with Gasteiger partial charge >= 0.3 is 0 Å². The van der Waals surface area contributed by atoms with E-state index in [1.165, 1.54) is 11.0 Å². The minimum absolute atomic E-state index is 1.23. The van der Waals surface area contributed by atoms with Crippen molar-refractivity contribution < 1.29 is 0 Å². The summed E-state index contributed by atoms with van der Waals surface area (Å²) >= 11 is 0. The molecule has 0 fully saturated rings. The lowest BCUT2D eigenvalue weighted by Crippen LogP contribution is -2.08. The van der Waals surface area contributed by atoms with Gasteiger partial charge in [0, 0.05) is 19.8 Å². The molecule has 1 aromatic rings. The summed E-state index contributed by atoms with van der Waals surface area (Å²) in [7, 11) is 6.74. The lowest BCUT2D eigenvalue weighted by atomic mass is 10.3. The first-order valence-electron chi connectivity index (χ1n) is 3.23. The molecule has 0 spiro atoms. The summed E-state index contributed by atoms with van der Waals surface area (Å²) in [6.07, 6.45) is 0. The highest BCUT2D eigenvalue weighted by Gasteiger charge is 1.90. The molecule has 2 heteroatoms. The van der Waals surface area contributed by atoms with Gasteiger partial charge in [0.1, 0.15) is 0 Å². The summed E-state index contributed by atoms with van der Waals surface area (Å²) < 4.78 is 0. The molecule has 0 bridgehead atoms. The van der Waals surface area contributed by atoms with Crippen molar-refractivity contribution in [1.29, 1.82) is 0 Å². The van der Waals surface area contributed by atoms with Gasteiger partial charge in [0.15, 0.2) is 0 Å². The second kappa shape index (κ2) is 3.03. The molecule has 1 rings (SSSR count). The molecule has 0 saturated carbocycles. The van der Waals surface area contributed by atoms with E-state index in [1.807, 2.05) is 14.1 Å². The van der Waals surface area contributed by atoms with E-state index < -0.39 is 0 Å². The Balaban J connectivity index is 2.89. The molecule has 0 N–H and O–H groups in total. The lowest BCUT2D eigenvalue weighted by Gasteiger charge is -2.11. The molecule has 0 aromatic heterocycles. The zero-order valence-corrected chi connectivity index (χ0v) is 7.49. The average molecular weight is 153 g/mol. The number of rotatable bonds is 1. The Morgan fingerprint density at radius 1 is 1.10 bits per heavy atom. The van der Waals surface area contributed by atoms with Crippen molar-refractivity contribution in [3.05, 3.63) is 24.3 Å². The summed E-state index contributed by atoms with van der Waals surface area (Å²) in [4.78, 5) is 2.09. The van der Waals surface area contributed by atoms with Crippen molar-refractivity contribution in [2.75, 3.05) is 19.0 Å². The zero-order valence-electron chi connectivity index (χ0n) is 6.33. The highest BCUT2D eigenvalue weighted by atomic mass is 31.0. The van der Waals surface area contributed by atoms with Gasteiger partial charge in [-0.3, -0.25) is 0 Å². The van der Waals surface area contributed by atoms with E-state index in [0.717, 1.165) is 0 Å². The van der Waals surface area contributed by atoms with E-state index in [0.29, 0.717) is 0 Å². The van der Waals surface area contributed by atoms with E-state index >= 15 is 0 Å². The van der Waals surface area contributed by atoms with Crippen LogP contribution in [0.25, 0.3) is 0 Å². The highest BCUT2D eigenvalue weighted by molar-refractivity contribution is 7.27. The normalized spacial score (nSPS) is 9.50. The van der Waals surface area contributed by atoms with Gasteiger partial charge < -0.3 is 4.90 Å². The fourth-order valence-corrected chi connectivity index (χ4v) is 0.965. The van der Waals surface area contributed by atoms with Gasteiger partial charge in [0.05, 0.1) is 0 Å². The Kier molecular flexibility index (Phi) is 2.29. The molecule has 0 saturated heterocycles. The van der Waals surface area contributed by atoms with Gasteiger partial charge in [-0.15, -0.1) is 9.24 Å². The van der Waals surface area contributed by atoms with Gasteiger partial charge in [-0.1, -0.05) is 12.1 Å². The molecule has 54 valence electrons. The van der Waals surface area contributed by atoms with E-state index in [4.69, 9.17) is 0 Å². The molecule has 0 aliphatic rings. The molecule has 1 unspecified atom stereocenters. The minimum Gasteiger partial charge on any atom is -0.378 e. The number of benzene rings is 1. The monoisotopic (exact) mass is 153 g/mol. The maximum Gasteiger partial charge on any atom is 0.0361 e. The summed E-state index contributed by atoms with van der Waals surface area (Å²) in [5, 5.41) is 1.23. The van der Waals surface area contributed by atoms with Gasteiger partial charge in [-0.05, 0) is 17.4 Å². The van der Waals surface area contributed by atoms with Crippen molar-refractivity contribution in [3.8, 4) is 0 Å². The SMILES string of the molecule is CN(C)c1ccc(P)cc1. The first kappa shape index (κ1) is 7.56. The Hall–Kier alpha value is -0.550. The molecule has 0 aliphatic heterocycles. The maximum atomic E-state index is 2.67. The van der Waals surface area contributed by atoms with Crippen molar-refractivity contribution >= 4 is 20.2 Å². The molecule has 1 atom stereocenters. The molecular formula is C8H12NP. The van der Waals surface area contributed by atoms with Crippen LogP contribution in [0.3, 0.4) is 0 Å². The molecule has 0 amide bonds. The third kappa shape index (κ3) is 1.71. The van der Waals surface area contributed by atoms with Gasteiger partial charge in [-0.25, -0.2) is 0 Å². The van der Waals surface area contributed by atoms with Crippen LogP contribution in [0.2, 0.25) is 0 Å². The van der Waals surface area contributed by atoms with Gasteiger partial charge in [-0.2, -0.15) is 0 Å². The largest absolute Gasteiger partial charge is 0.378 e. The molecule has 1 nitrogen and oxygen atoms in total. The van der Waals surface area contributed by atoms with Crippen LogP contribution in [0, 0.1) is 0 Å². The fraction of sp³-hybridized carbons (Fsp3) is 0.250. The summed E-state index contributed by atoms with van der Waals surface area (Å²) in [6, 6.07) is 8.37. The Morgan fingerprint density at radius 3 is 2.00 bits per heavy atom. The second-order valence-corrected chi connectivity index (χ2v) is 3.15. The van der Waals surface area contributed by atoms with Crippen LogP contribution in [0.15, 0.2) is 24.3 Å². The van der Waals surface area contributed by atoms with Crippen LogP contribution in [0.4, 0.5) is 5.69 Å². The lowest BCUT2D eigenvalue weighted by molar-refractivity contribution is 1.13. The third-order valence-corrected chi connectivity index (χ3v) is 1.79. The maximum absolute atomic E-state index is 2.67. The third-order valence-electron chi connectivity index (χ3n) is 1.41. The van der Waals surface area contributed by atoms with Crippen LogP contribution < -0.4 is 10.2 Å². The Labute approximate surface area is 64.3 Å². The summed E-state index contributed by atoms with van der Waals surface area (Å²) in [5.41, 5.74) is 1.24. The van der Waals surface area contributed by atoms with Crippen molar-refractivity contribution in [3.63, 3.8) is 0 Å². The van der Waals surface area contributed by atoms with Crippen LogP contribution >= 0.6 is 9.24 Å². The minimum atomic E-state index is 1.23. The van der Waals surface area contributed by atoms with Crippen molar-refractivity contribution in [2.24, 2.45) is 0 Å². The topological polar surface area (TPSA) is 3.24 Å². The van der Waals surface area contributed by atoms with Crippen LogP contribution in [0.1, 0.15) is 0 Å². The van der Waals surface area contributed by atoms with E-state index in [9.17, 15) is 0 Å². The first-order chi connectivity index (χ1) is 4.70. The fourth-order valence-electron chi connectivity index (χ4n) is 0.772. The van der Waals surface area contributed by atoms with Gasteiger partial charge in [0.2, 0.25) is 0 Å². The van der Waals surface area contributed by atoms with Crippen LogP contribution in [-0.2, 0) is 0 Å². The summed E-state index contributed by atoms with van der Waals surface area (Å²) in [5.74, 6) is 0. The quantitative estimate of drug-likeness (QED) is 0.549. The van der Waals surface area contributed by atoms with E-state index in [2.05, 4.69) is 38.4 Å². The van der Waals surface area contributed by atoms with E-state index in [-0.39, 0.29) is 0 Å². The first-order valence-corrected chi connectivity index (χ1v) is 3.81. The molecule has 10 heavy (non-hydrogen) atoms. The Bertz CT molecular complexity index is 203. The van der Waals surface area contributed by atoms with Crippen LogP contribution in [0.5, 0.6) is 0 Å². The van der Waals surface area contributed by atoms with Gasteiger partial charge in [0.25, 0.3) is 0 Å². The van der Waals surface area contributed by atoms with E-state index in [1.54, 1.807) is 0 Å². The smallest absolute Gasteiger partial charge is 0.0361 e. The van der Waals surface area contributed by atoms with Crippen molar-refractivity contribution in [2.45, 2.75) is 0 Å². The number of anilines is 1.